The van der Waals surface area contributed by atoms with E-state index in [1.165, 1.54) is 16.7 Å². The predicted octanol–water partition coefficient (Wildman–Crippen LogP) is 10.4. The lowest BCUT2D eigenvalue weighted by molar-refractivity contribution is 0.475. The first kappa shape index (κ1) is 36.5. The van der Waals surface area contributed by atoms with E-state index in [1.807, 2.05) is 24.3 Å². The Morgan fingerprint density at radius 2 is 0.659 bits per heavy atom. The summed E-state index contributed by atoms with van der Waals surface area (Å²) in [7, 11) is 0. The quantitative estimate of drug-likeness (QED) is 0.209. The second-order valence-corrected chi connectivity index (χ2v) is 9.10. The minimum Gasteiger partial charge on any atom is -0.508 e. The van der Waals surface area contributed by atoms with Gasteiger partial charge in [-0.25, -0.2) is 0 Å². The lowest BCUT2D eigenvalue weighted by Gasteiger charge is -2.01. The molecule has 41 heavy (non-hydrogen) atoms. The fraction of sp³-hybridized carbons (Fsp3) is 0.211. The van der Waals surface area contributed by atoms with E-state index in [2.05, 4.69) is 76.2 Å². The van der Waals surface area contributed by atoms with Gasteiger partial charge in [0.2, 0.25) is 0 Å². The predicted molar refractivity (Wildman–Crippen MR) is 177 cm³/mol. The van der Waals surface area contributed by atoms with Gasteiger partial charge in [-0.2, -0.15) is 0 Å². The fourth-order valence-electron chi connectivity index (χ4n) is 3.13. The molecule has 0 aliphatic carbocycles. The van der Waals surface area contributed by atoms with Gasteiger partial charge in [0.15, 0.2) is 0 Å². The highest BCUT2D eigenvalue weighted by molar-refractivity contribution is 5.22. The Morgan fingerprint density at radius 3 is 0.805 bits per heavy atom. The van der Waals surface area contributed by atoms with Crippen molar-refractivity contribution in [3.63, 3.8) is 0 Å². The molecule has 0 aliphatic heterocycles. The Balaban J connectivity index is 0.000000489. The molecule has 0 unspecified atom stereocenters. The largest absolute Gasteiger partial charge is 0.508 e. The molecular formula is C38H48O3. The summed E-state index contributed by atoms with van der Waals surface area (Å²) in [6, 6.07) is 45.5. The number of para-hydroxylation sites is 3. The highest BCUT2D eigenvalue weighted by Crippen LogP contribution is 2.11. The lowest BCUT2D eigenvalue weighted by Crippen LogP contribution is -1.83. The van der Waals surface area contributed by atoms with Crippen LogP contribution in [0.1, 0.15) is 57.7 Å². The highest BCUT2D eigenvalue weighted by atomic mass is 16.3. The fourth-order valence-corrected chi connectivity index (χ4v) is 3.13. The minimum absolute atomic E-state index is 0. The molecule has 0 bridgehead atoms. The van der Waals surface area contributed by atoms with Gasteiger partial charge in [0.1, 0.15) is 17.2 Å². The van der Waals surface area contributed by atoms with Crippen LogP contribution >= 0.6 is 0 Å². The molecule has 3 nitrogen and oxygen atoms in total. The van der Waals surface area contributed by atoms with Crippen LogP contribution < -0.4 is 0 Å². The van der Waals surface area contributed by atoms with Crippen LogP contribution in [0.25, 0.3) is 0 Å². The third-order valence-electron chi connectivity index (χ3n) is 5.57. The molecule has 0 atom stereocenters. The zero-order valence-corrected chi connectivity index (χ0v) is 24.2. The summed E-state index contributed by atoms with van der Waals surface area (Å²) in [5.74, 6) is 1.62. The number of benzene rings is 5. The van der Waals surface area contributed by atoms with Crippen LogP contribution in [-0.2, 0) is 12.8 Å². The van der Waals surface area contributed by atoms with Crippen molar-refractivity contribution in [2.24, 2.45) is 0 Å². The lowest BCUT2D eigenvalue weighted by atomic mass is 10.0. The third kappa shape index (κ3) is 19.2. The third-order valence-corrected chi connectivity index (χ3v) is 5.57. The first-order valence-corrected chi connectivity index (χ1v) is 13.7. The van der Waals surface area contributed by atoms with E-state index >= 15 is 0 Å². The van der Waals surface area contributed by atoms with Crippen LogP contribution in [0.4, 0.5) is 0 Å². The average Bonchev–Trinajstić information content (AvgIpc) is 3.00. The first-order valence-electron chi connectivity index (χ1n) is 13.7. The molecule has 5 rings (SSSR count). The maximum atomic E-state index is 8.63. The second kappa shape index (κ2) is 23.4. The molecule has 0 saturated carbocycles. The van der Waals surface area contributed by atoms with Crippen LogP contribution in [0.15, 0.2) is 146 Å². The van der Waals surface area contributed by atoms with E-state index in [1.54, 1.807) is 72.8 Å². The topological polar surface area (TPSA) is 60.7 Å². The number of phenolic OH excluding ortho intramolecular Hbond substituents is 3. The van der Waals surface area contributed by atoms with Crippen molar-refractivity contribution in [1.82, 2.24) is 0 Å². The zero-order valence-electron chi connectivity index (χ0n) is 24.2. The molecule has 218 valence electrons. The molecule has 0 heterocycles. The first-order chi connectivity index (χ1) is 19.3. The van der Waals surface area contributed by atoms with Gasteiger partial charge in [-0.15, -0.1) is 0 Å². The monoisotopic (exact) mass is 552 g/mol. The summed E-state index contributed by atoms with van der Waals surface area (Å²) in [5.41, 5.74) is 4.27. The number of hydrogen-bond acceptors (Lipinski definition) is 3. The molecule has 3 N–H and O–H groups in total. The Labute approximate surface area is 248 Å². The minimum atomic E-state index is 0. The Kier molecular flexibility index (Phi) is 20.8. The van der Waals surface area contributed by atoms with Crippen molar-refractivity contribution in [1.29, 1.82) is 0 Å². The van der Waals surface area contributed by atoms with Gasteiger partial charge in [0, 0.05) is 0 Å². The molecule has 5 aromatic rings. The molecule has 3 heteroatoms. The van der Waals surface area contributed by atoms with Crippen LogP contribution in [0.3, 0.4) is 0 Å². The standard InChI is InChI=1S/C10H14.C9H12.3C6H6O.CH4/c1-3-9-5-7-10(4-2)8-6-9;1-8(2)9-6-4-3-5-7-9;3*7-6-4-2-1-3-5-6;/h5-8H,3-4H2,1-2H3;3-8H,1-2H3;3*1-5,7H;1H4. The van der Waals surface area contributed by atoms with E-state index in [4.69, 9.17) is 15.3 Å². The van der Waals surface area contributed by atoms with Gasteiger partial charge in [0.05, 0.1) is 0 Å². The van der Waals surface area contributed by atoms with E-state index in [-0.39, 0.29) is 7.43 Å². The zero-order chi connectivity index (χ0) is 29.4. The molecule has 0 radical (unpaired) electrons. The Bertz CT molecular complexity index is 1110. The van der Waals surface area contributed by atoms with Gasteiger partial charge >= 0.3 is 0 Å². The van der Waals surface area contributed by atoms with Crippen LogP contribution in [0.2, 0.25) is 0 Å². The second-order valence-electron chi connectivity index (χ2n) is 9.10. The van der Waals surface area contributed by atoms with Crippen molar-refractivity contribution in [3.05, 3.63) is 162 Å². The number of aromatic hydroxyl groups is 3. The molecule has 0 spiro atoms. The number of hydrogen-bond donors (Lipinski definition) is 3. The summed E-state index contributed by atoms with van der Waals surface area (Å²) in [6.07, 6.45) is 2.29. The van der Waals surface area contributed by atoms with E-state index in [9.17, 15) is 0 Å². The average molecular weight is 553 g/mol. The summed E-state index contributed by atoms with van der Waals surface area (Å²) >= 11 is 0. The van der Waals surface area contributed by atoms with Crippen LogP contribution in [0, 0.1) is 0 Å². The van der Waals surface area contributed by atoms with Crippen LogP contribution in [-0.4, -0.2) is 15.3 Å². The van der Waals surface area contributed by atoms with E-state index < -0.39 is 0 Å². The summed E-state index contributed by atoms with van der Waals surface area (Å²) in [5, 5.41) is 25.9. The molecule has 0 saturated heterocycles. The van der Waals surface area contributed by atoms with E-state index in [0.29, 0.717) is 23.2 Å². The van der Waals surface area contributed by atoms with Gasteiger partial charge in [-0.1, -0.05) is 144 Å². The van der Waals surface area contributed by atoms with Crippen molar-refractivity contribution in [2.45, 2.75) is 53.9 Å². The molecule has 5 aromatic carbocycles. The van der Waals surface area contributed by atoms with E-state index in [0.717, 1.165) is 12.8 Å². The Morgan fingerprint density at radius 1 is 0.415 bits per heavy atom. The van der Waals surface area contributed by atoms with Gasteiger partial charge in [-0.3, -0.25) is 0 Å². The summed E-state index contributed by atoms with van der Waals surface area (Å²) < 4.78 is 0. The van der Waals surface area contributed by atoms with Crippen molar-refractivity contribution >= 4 is 0 Å². The Hall–Kier alpha value is -4.50. The molecule has 0 aromatic heterocycles. The van der Waals surface area contributed by atoms with Crippen LogP contribution in [0.5, 0.6) is 17.2 Å². The summed E-state index contributed by atoms with van der Waals surface area (Å²) in [6.45, 7) is 8.77. The molecule has 0 amide bonds. The molecule has 0 fully saturated rings. The maximum Gasteiger partial charge on any atom is 0.115 e. The van der Waals surface area contributed by atoms with Crippen molar-refractivity contribution in [3.8, 4) is 17.2 Å². The summed E-state index contributed by atoms with van der Waals surface area (Å²) in [4.78, 5) is 0. The maximum absolute atomic E-state index is 8.63. The smallest absolute Gasteiger partial charge is 0.115 e. The van der Waals surface area contributed by atoms with Crippen molar-refractivity contribution < 1.29 is 15.3 Å². The van der Waals surface area contributed by atoms with Gasteiger partial charge in [-0.05, 0) is 71.8 Å². The van der Waals surface area contributed by atoms with Gasteiger partial charge in [0.25, 0.3) is 0 Å². The van der Waals surface area contributed by atoms with Gasteiger partial charge < -0.3 is 15.3 Å². The SMILES string of the molecule is C.CC(C)c1ccccc1.CCc1ccc(CC)cc1.Oc1ccccc1.Oc1ccccc1.Oc1ccccc1. The number of aryl methyl sites for hydroxylation is 2. The molecule has 0 aliphatic rings. The number of phenols is 3. The normalized spacial score (nSPS) is 9.00. The molecular weight excluding hydrogens is 504 g/mol. The highest BCUT2D eigenvalue weighted by Gasteiger charge is 1.93. The number of rotatable bonds is 3. The van der Waals surface area contributed by atoms with Crippen molar-refractivity contribution in [2.75, 3.05) is 0 Å².